The Morgan fingerprint density at radius 2 is 0.707 bits per heavy atom. The monoisotopic (exact) mass is 835 g/mol. The van der Waals surface area contributed by atoms with Crippen LogP contribution >= 0.6 is 16.1 Å². The van der Waals surface area contributed by atoms with Crippen LogP contribution in [0.2, 0.25) is 18.1 Å². The zero-order valence-electron chi connectivity index (χ0n) is 36.6. The van der Waals surface area contributed by atoms with E-state index in [1.54, 1.807) is 33.6 Å². The Morgan fingerprint density at radius 3 is 0.931 bits per heavy atom. The maximum atomic E-state index is 5.72. The maximum Gasteiger partial charge on any atom is 0.118 e. The molecule has 0 fully saturated rings. The predicted molar refractivity (Wildman–Crippen MR) is 257 cm³/mol. The summed E-state index contributed by atoms with van der Waals surface area (Å²) in [5, 5.41) is 6.75. The first-order chi connectivity index (χ1) is 28.3. The minimum absolute atomic E-state index is 0.855. The van der Waals surface area contributed by atoms with Gasteiger partial charge in [0.25, 0.3) is 0 Å². The topological polar surface area (TPSA) is 40.2 Å². The van der Waals surface area contributed by atoms with Gasteiger partial charge in [0.05, 0.1) is 58.3 Å². The van der Waals surface area contributed by atoms with Crippen molar-refractivity contribution in [1.82, 2.24) is 0 Å². The van der Waals surface area contributed by atoms with Gasteiger partial charge in [-0.05, 0) is 121 Å². The molecule has 0 aromatic heterocycles. The Kier molecular flexibility index (Phi) is 17.6. The summed E-state index contributed by atoms with van der Waals surface area (Å²) >= 11 is 0. The van der Waals surface area contributed by atoms with Crippen molar-refractivity contribution in [3.8, 4) is 23.0 Å². The molecule has 0 unspecified atom stereocenters. The molecule has 5 nitrogen and oxygen atoms in total. The fraction of sp³-hybridized carbons (Fsp3) is 0.400. The smallest absolute Gasteiger partial charge is 0.118 e. The van der Waals surface area contributed by atoms with Crippen LogP contribution in [0.15, 0.2) is 109 Å². The highest BCUT2D eigenvalue weighted by Gasteiger charge is 2.38. The summed E-state index contributed by atoms with van der Waals surface area (Å²) < 4.78 is 25.8. The van der Waals surface area contributed by atoms with E-state index < -0.39 is 24.2 Å². The number of anilines is 1. The molecule has 5 rings (SSSR count). The van der Waals surface area contributed by atoms with Crippen LogP contribution in [-0.4, -0.2) is 36.5 Å². The van der Waals surface area contributed by atoms with E-state index >= 15 is 0 Å². The fourth-order valence-electron chi connectivity index (χ4n) is 8.13. The van der Waals surface area contributed by atoms with Gasteiger partial charge in [0.2, 0.25) is 0 Å². The molecule has 0 bridgehead atoms. The Labute approximate surface area is 354 Å². The lowest BCUT2D eigenvalue weighted by molar-refractivity contribution is 0.415. The minimum Gasteiger partial charge on any atom is -0.497 e. The third-order valence-corrected chi connectivity index (χ3v) is 22.3. The molecule has 0 saturated heterocycles. The molecule has 0 atom stereocenters. The average molecular weight is 836 g/mol. The number of methoxy groups -OCH3 is 4. The van der Waals surface area contributed by atoms with Gasteiger partial charge >= 0.3 is 0 Å². The van der Waals surface area contributed by atoms with Crippen LogP contribution in [0.4, 0.5) is 5.69 Å². The summed E-state index contributed by atoms with van der Waals surface area (Å²) in [5.41, 5.74) is 4.30. The van der Waals surface area contributed by atoms with E-state index in [0.29, 0.717) is 0 Å². The number of aryl methyl sites for hydroxylation is 2. The van der Waals surface area contributed by atoms with Crippen LogP contribution < -0.4 is 49.8 Å². The van der Waals surface area contributed by atoms with E-state index in [1.165, 1.54) is 94.7 Å². The number of rotatable bonds is 23. The highest BCUT2D eigenvalue weighted by atomic mass is 31.2. The Bertz CT molecular complexity index is 1730. The quantitative estimate of drug-likeness (QED) is 0.0484. The number of hydrogen-bond acceptors (Lipinski definition) is 5. The molecule has 58 heavy (non-hydrogen) atoms. The largest absolute Gasteiger partial charge is 0.497 e. The van der Waals surface area contributed by atoms with E-state index in [0.717, 1.165) is 35.8 Å². The van der Waals surface area contributed by atoms with Crippen LogP contribution in [0.25, 0.3) is 0 Å². The average Bonchev–Trinajstić information content (AvgIpc) is 3.29. The molecule has 0 radical (unpaired) electrons. The van der Waals surface area contributed by atoms with Gasteiger partial charge < -0.3 is 23.4 Å². The van der Waals surface area contributed by atoms with Crippen molar-refractivity contribution >= 4 is 56.3 Å². The third-order valence-electron chi connectivity index (χ3n) is 11.5. The summed E-state index contributed by atoms with van der Waals surface area (Å²) in [7, 11) is 2.88. The number of benzene rings is 5. The molecular weight excluding hydrogens is 769 g/mol. The van der Waals surface area contributed by atoms with Gasteiger partial charge in [-0.15, -0.1) is 0 Å². The molecule has 5 aromatic carbocycles. The van der Waals surface area contributed by atoms with Crippen LogP contribution in [0, 0.1) is 0 Å². The maximum absolute atomic E-state index is 5.72. The van der Waals surface area contributed by atoms with Gasteiger partial charge in [0.15, 0.2) is 0 Å². The number of hydrogen-bond donors (Lipinski definition) is 0. The molecule has 310 valence electrons. The predicted octanol–water partition coefficient (Wildman–Crippen LogP) is 11.8. The van der Waals surface area contributed by atoms with Crippen molar-refractivity contribution in [3.63, 3.8) is 0 Å². The molecule has 0 amide bonds. The summed E-state index contributed by atoms with van der Waals surface area (Å²) in [6.07, 6.45) is 9.61. The number of nitrogens with zero attached hydrogens (tertiary/aromatic N) is 1. The van der Waals surface area contributed by atoms with Crippen molar-refractivity contribution in [1.29, 1.82) is 0 Å². The molecular formula is C50H67NO4P2Si. The lowest BCUT2D eigenvalue weighted by atomic mass is 10.0. The van der Waals surface area contributed by atoms with Gasteiger partial charge in [-0.2, -0.15) is 0 Å². The van der Waals surface area contributed by atoms with Crippen LogP contribution in [0.3, 0.4) is 0 Å². The van der Waals surface area contributed by atoms with Crippen LogP contribution in [0.5, 0.6) is 23.0 Å². The molecule has 0 heterocycles. The highest BCUT2D eigenvalue weighted by Crippen LogP contribution is 2.59. The standard InChI is InChI=1S/C50H67NO4P2Si/c1-10-15-34-58(35-16-11-2,36-17-12-3)49-37-39(13-4)50(40(14-5)38-49)51(56(45-26-18-41(52-6)19-27-45)46-28-20-42(53-7)21-29-46)57(47-30-22-43(54-8)23-31-47)48-32-24-44(55-9)25-33-48/h18-33,37-38H,10-17,34-36H2,1-9H3. The molecule has 0 aliphatic carbocycles. The van der Waals surface area contributed by atoms with Crippen molar-refractivity contribution in [2.75, 3.05) is 32.9 Å². The minimum atomic E-state index is -1.80. The van der Waals surface area contributed by atoms with Crippen molar-refractivity contribution in [2.45, 2.75) is 104 Å². The van der Waals surface area contributed by atoms with Crippen molar-refractivity contribution < 1.29 is 18.9 Å². The molecule has 8 heteroatoms. The SMILES string of the molecule is CCCC[Si](CCCC)(CCCC)c1cc(CC)c(N(P(c2ccc(OC)cc2)c2ccc(OC)cc2)P(c2ccc(OC)cc2)c2ccc(OC)cc2)c(CC)c1. The van der Waals surface area contributed by atoms with E-state index in [2.05, 4.69) is 148 Å². The zero-order chi connectivity index (χ0) is 41.5. The van der Waals surface area contributed by atoms with Crippen LogP contribution in [-0.2, 0) is 12.8 Å². The molecule has 0 N–H and O–H groups in total. The second-order valence-electron chi connectivity index (χ2n) is 15.1. The Balaban J connectivity index is 1.93. The van der Waals surface area contributed by atoms with Gasteiger partial charge in [0, 0.05) is 21.2 Å². The summed E-state index contributed by atoms with van der Waals surface area (Å²) in [6.45, 7) is 11.9. The summed E-state index contributed by atoms with van der Waals surface area (Å²) in [6, 6.07) is 44.8. The first-order valence-electron chi connectivity index (χ1n) is 21.5. The van der Waals surface area contributed by atoms with Gasteiger partial charge in [0.1, 0.15) is 23.0 Å². The van der Waals surface area contributed by atoms with Gasteiger partial charge in [-0.1, -0.05) is 109 Å². The van der Waals surface area contributed by atoms with Crippen molar-refractivity contribution in [3.05, 3.63) is 120 Å². The lowest BCUT2D eigenvalue weighted by Gasteiger charge is -2.43. The fourth-order valence-corrected chi connectivity index (χ4v) is 19.9. The van der Waals surface area contributed by atoms with Crippen LogP contribution in [0.1, 0.15) is 84.3 Å². The molecule has 0 aliphatic heterocycles. The second-order valence-corrected chi connectivity index (χ2v) is 24.2. The van der Waals surface area contributed by atoms with Crippen molar-refractivity contribution in [2.24, 2.45) is 0 Å². The molecule has 0 aliphatic rings. The number of unbranched alkanes of at least 4 members (excludes halogenated alkanes) is 3. The first kappa shape index (κ1) is 45.3. The second kappa shape index (κ2) is 22.5. The normalized spacial score (nSPS) is 11.6. The molecule has 0 saturated carbocycles. The summed E-state index contributed by atoms with van der Waals surface area (Å²) in [5.74, 6) is 3.42. The highest BCUT2D eigenvalue weighted by molar-refractivity contribution is 7.90. The van der Waals surface area contributed by atoms with E-state index in [9.17, 15) is 0 Å². The number of ether oxygens (including phenoxy) is 4. The summed E-state index contributed by atoms with van der Waals surface area (Å²) in [4.78, 5) is 0. The van der Waals surface area contributed by atoms with E-state index in [1.807, 2.05) is 0 Å². The third kappa shape index (κ3) is 10.7. The lowest BCUT2D eigenvalue weighted by Crippen LogP contribution is -2.48. The van der Waals surface area contributed by atoms with Gasteiger partial charge in [-0.25, -0.2) is 0 Å². The Hall–Kier alpha value is -3.82. The molecule has 5 aromatic rings. The Morgan fingerprint density at radius 1 is 0.431 bits per heavy atom. The first-order valence-corrected chi connectivity index (χ1v) is 26.7. The van der Waals surface area contributed by atoms with E-state index in [4.69, 9.17) is 18.9 Å². The van der Waals surface area contributed by atoms with Gasteiger partial charge in [-0.3, -0.25) is 0 Å². The van der Waals surface area contributed by atoms with E-state index in [-0.39, 0.29) is 0 Å². The molecule has 0 spiro atoms. The zero-order valence-corrected chi connectivity index (χ0v) is 39.4.